The Balaban J connectivity index is 2.60. The first kappa shape index (κ1) is 10.6. The normalized spacial score (nSPS) is 10.7. The zero-order valence-corrected chi connectivity index (χ0v) is 8.83. The van der Waals surface area contributed by atoms with Crippen molar-refractivity contribution in [3.05, 3.63) is 35.3 Å². The molecule has 0 bridgehead atoms. The lowest BCUT2D eigenvalue weighted by Gasteiger charge is -1.98. The van der Waals surface area contributed by atoms with E-state index < -0.39 is 11.7 Å². The minimum absolute atomic E-state index is 0.0574. The van der Waals surface area contributed by atoms with Crippen LogP contribution < -0.4 is 5.48 Å². The summed E-state index contributed by atoms with van der Waals surface area (Å²) in [7, 11) is 1.32. The Kier molecular flexibility index (Phi) is 2.62. The minimum atomic E-state index is -0.532. The number of hydrogen-bond acceptors (Lipinski definition) is 3. The lowest BCUT2D eigenvalue weighted by Crippen LogP contribution is -2.21. The van der Waals surface area contributed by atoms with Gasteiger partial charge in [0.25, 0.3) is 0 Å². The molecule has 1 aromatic heterocycles. The van der Waals surface area contributed by atoms with E-state index in [-0.39, 0.29) is 11.3 Å². The fourth-order valence-corrected chi connectivity index (χ4v) is 1.56. The maximum absolute atomic E-state index is 13.4. The number of aryl methyl sites for hydroxylation is 1. The van der Waals surface area contributed by atoms with Crippen molar-refractivity contribution < 1.29 is 18.4 Å². The molecule has 16 heavy (non-hydrogen) atoms. The Morgan fingerprint density at radius 3 is 2.88 bits per heavy atom. The highest BCUT2D eigenvalue weighted by atomic mass is 19.1. The highest BCUT2D eigenvalue weighted by molar-refractivity contribution is 5.98. The van der Waals surface area contributed by atoms with Gasteiger partial charge in [0.1, 0.15) is 0 Å². The van der Waals surface area contributed by atoms with E-state index in [1.165, 1.54) is 13.2 Å². The van der Waals surface area contributed by atoms with Crippen LogP contribution in [-0.4, -0.2) is 13.0 Å². The van der Waals surface area contributed by atoms with Gasteiger partial charge in [0, 0.05) is 10.9 Å². The van der Waals surface area contributed by atoms with Crippen LogP contribution in [0.4, 0.5) is 4.39 Å². The predicted octanol–water partition coefficient (Wildman–Crippen LogP) is 2.17. The zero-order chi connectivity index (χ0) is 11.7. The Bertz CT molecular complexity index is 547. The van der Waals surface area contributed by atoms with Gasteiger partial charge in [-0.15, -0.1) is 0 Å². The van der Waals surface area contributed by atoms with Crippen LogP contribution in [0.3, 0.4) is 0 Å². The van der Waals surface area contributed by atoms with Crippen LogP contribution in [0, 0.1) is 12.7 Å². The van der Waals surface area contributed by atoms with Crippen LogP contribution >= 0.6 is 0 Å². The molecule has 1 heterocycles. The first-order valence-corrected chi connectivity index (χ1v) is 4.66. The zero-order valence-electron chi connectivity index (χ0n) is 8.83. The lowest BCUT2D eigenvalue weighted by molar-refractivity contribution is 0.0511. The van der Waals surface area contributed by atoms with Gasteiger partial charge in [-0.3, -0.25) is 9.63 Å². The van der Waals surface area contributed by atoms with Crippen LogP contribution in [-0.2, 0) is 4.84 Å². The number of carbonyl (C=O) groups is 1. The van der Waals surface area contributed by atoms with E-state index in [9.17, 15) is 9.18 Å². The molecule has 2 aromatic rings. The summed E-state index contributed by atoms with van der Waals surface area (Å²) in [5.41, 5.74) is 2.80. The Labute approximate surface area is 90.9 Å². The van der Waals surface area contributed by atoms with E-state index in [4.69, 9.17) is 4.42 Å². The SMILES string of the molecule is CONC(=O)c1oc2c(F)cccc2c1C. The van der Waals surface area contributed by atoms with Crippen LogP contribution in [0.1, 0.15) is 16.1 Å². The number of furan rings is 1. The average molecular weight is 223 g/mol. The fraction of sp³-hybridized carbons (Fsp3) is 0.182. The maximum atomic E-state index is 13.4. The number of rotatable bonds is 2. The van der Waals surface area contributed by atoms with E-state index >= 15 is 0 Å². The first-order valence-electron chi connectivity index (χ1n) is 4.66. The number of para-hydroxylation sites is 1. The van der Waals surface area contributed by atoms with Crippen molar-refractivity contribution in [3.8, 4) is 0 Å². The second-order valence-electron chi connectivity index (χ2n) is 3.31. The summed E-state index contributed by atoms with van der Waals surface area (Å²) in [6, 6.07) is 4.54. The Morgan fingerprint density at radius 2 is 2.25 bits per heavy atom. The van der Waals surface area contributed by atoms with E-state index in [0.717, 1.165) is 0 Å². The van der Waals surface area contributed by atoms with Gasteiger partial charge in [0.05, 0.1) is 7.11 Å². The number of hydrogen-bond donors (Lipinski definition) is 1. The third-order valence-corrected chi connectivity index (χ3v) is 2.32. The predicted molar refractivity (Wildman–Crippen MR) is 55.4 cm³/mol. The van der Waals surface area contributed by atoms with Gasteiger partial charge in [-0.05, 0) is 13.0 Å². The molecule has 0 spiro atoms. The van der Waals surface area contributed by atoms with E-state index in [1.54, 1.807) is 19.1 Å². The molecule has 0 saturated heterocycles. The quantitative estimate of drug-likeness (QED) is 0.794. The molecular weight excluding hydrogens is 213 g/mol. The minimum Gasteiger partial charge on any atom is -0.447 e. The molecule has 0 aliphatic heterocycles. The molecule has 1 aromatic carbocycles. The summed E-state index contributed by atoms with van der Waals surface area (Å²) < 4.78 is 18.5. The molecule has 0 radical (unpaired) electrons. The molecule has 1 N–H and O–H groups in total. The standard InChI is InChI=1S/C11H10FNO3/c1-6-7-4-3-5-8(12)10(7)16-9(6)11(14)13-15-2/h3-5H,1-2H3,(H,13,14). The summed E-state index contributed by atoms with van der Waals surface area (Å²) in [5, 5.41) is 0.584. The first-order chi connectivity index (χ1) is 7.65. The van der Waals surface area contributed by atoms with E-state index in [2.05, 4.69) is 10.3 Å². The summed E-state index contributed by atoms with van der Waals surface area (Å²) in [5.74, 6) is -0.963. The largest absolute Gasteiger partial charge is 0.447 e. The summed E-state index contributed by atoms with van der Waals surface area (Å²) in [6.45, 7) is 1.69. The van der Waals surface area contributed by atoms with Gasteiger partial charge in [0.2, 0.25) is 0 Å². The smallest absolute Gasteiger partial charge is 0.310 e. The second kappa shape index (κ2) is 3.94. The molecule has 0 fully saturated rings. The topological polar surface area (TPSA) is 51.5 Å². The molecule has 0 aliphatic carbocycles. The number of hydroxylamine groups is 1. The van der Waals surface area contributed by atoms with Crippen molar-refractivity contribution in [1.29, 1.82) is 0 Å². The number of amides is 1. The molecule has 1 amide bonds. The van der Waals surface area contributed by atoms with Crippen molar-refractivity contribution >= 4 is 16.9 Å². The van der Waals surface area contributed by atoms with Crippen molar-refractivity contribution in [2.75, 3.05) is 7.11 Å². The summed E-state index contributed by atoms with van der Waals surface area (Å²) >= 11 is 0. The fourth-order valence-electron chi connectivity index (χ4n) is 1.56. The number of halogens is 1. The summed E-state index contributed by atoms with van der Waals surface area (Å²) in [4.78, 5) is 16.0. The van der Waals surface area contributed by atoms with Crippen molar-refractivity contribution in [2.24, 2.45) is 0 Å². The van der Waals surface area contributed by atoms with E-state index in [0.29, 0.717) is 10.9 Å². The number of nitrogens with one attached hydrogen (secondary N) is 1. The Hall–Kier alpha value is -1.88. The van der Waals surface area contributed by atoms with Crippen LogP contribution in [0.25, 0.3) is 11.0 Å². The van der Waals surface area contributed by atoms with Gasteiger partial charge in [-0.25, -0.2) is 9.87 Å². The average Bonchev–Trinajstić information content (AvgIpc) is 2.59. The Morgan fingerprint density at radius 1 is 1.50 bits per heavy atom. The molecule has 84 valence electrons. The molecule has 0 aliphatic rings. The van der Waals surface area contributed by atoms with Crippen molar-refractivity contribution in [3.63, 3.8) is 0 Å². The van der Waals surface area contributed by atoms with Gasteiger partial charge in [-0.1, -0.05) is 12.1 Å². The molecule has 4 nitrogen and oxygen atoms in total. The van der Waals surface area contributed by atoms with Crippen molar-refractivity contribution in [1.82, 2.24) is 5.48 Å². The van der Waals surface area contributed by atoms with Crippen LogP contribution in [0.15, 0.2) is 22.6 Å². The van der Waals surface area contributed by atoms with Gasteiger partial charge < -0.3 is 4.42 Å². The highest BCUT2D eigenvalue weighted by Gasteiger charge is 2.19. The molecule has 0 unspecified atom stereocenters. The van der Waals surface area contributed by atoms with Gasteiger partial charge in [0.15, 0.2) is 17.2 Å². The number of carbonyl (C=O) groups excluding carboxylic acids is 1. The van der Waals surface area contributed by atoms with E-state index in [1.807, 2.05) is 0 Å². The van der Waals surface area contributed by atoms with Gasteiger partial charge in [-0.2, -0.15) is 0 Å². The summed E-state index contributed by atoms with van der Waals surface area (Å²) in [6.07, 6.45) is 0. The van der Waals surface area contributed by atoms with Gasteiger partial charge >= 0.3 is 5.91 Å². The molecule has 2 rings (SSSR count). The van der Waals surface area contributed by atoms with Crippen LogP contribution in [0.2, 0.25) is 0 Å². The maximum Gasteiger partial charge on any atom is 0.310 e. The lowest BCUT2D eigenvalue weighted by atomic mass is 10.1. The molecule has 0 atom stereocenters. The molecule has 0 saturated carbocycles. The number of fused-ring (bicyclic) bond motifs is 1. The highest BCUT2D eigenvalue weighted by Crippen LogP contribution is 2.26. The monoisotopic (exact) mass is 223 g/mol. The van der Waals surface area contributed by atoms with Crippen molar-refractivity contribution in [2.45, 2.75) is 6.92 Å². The number of benzene rings is 1. The third kappa shape index (κ3) is 1.55. The molecule has 5 heteroatoms. The third-order valence-electron chi connectivity index (χ3n) is 2.32. The molecular formula is C11H10FNO3. The second-order valence-corrected chi connectivity index (χ2v) is 3.31. The van der Waals surface area contributed by atoms with Crippen LogP contribution in [0.5, 0.6) is 0 Å².